The molecule has 0 aromatic carbocycles. The molecule has 1 atom stereocenters. The fourth-order valence-electron chi connectivity index (χ4n) is 2.19. The van der Waals surface area contributed by atoms with Crippen molar-refractivity contribution in [3.63, 3.8) is 0 Å². The van der Waals surface area contributed by atoms with Crippen LogP contribution in [0.1, 0.15) is 42.6 Å². The van der Waals surface area contributed by atoms with E-state index in [0.29, 0.717) is 23.7 Å². The van der Waals surface area contributed by atoms with E-state index in [2.05, 4.69) is 9.59 Å². The number of ether oxygens (including phenoxy) is 1. The van der Waals surface area contributed by atoms with Crippen molar-refractivity contribution in [3.05, 3.63) is 10.6 Å². The van der Waals surface area contributed by atoms with E-state index in [1.54, 1.807) is 4.90 Å². The van der Waals surface area contributed by atoms with Gasteiger partial charge in [0.25, 0.3) is 5.91 Å². The Kier molecular flexibility index (Phi) is 4.58. The first-order valence-electron chi connectivity index (χ1n) is 6.74. The van der Waals surface area contributed by atoms with Gasteiger partial charge < -0.3 is 14.7 Å². The summed E-state index contributed by atoms with van der Waals surface area (Å²) in [6.07, 6.45) is -0.559. The highest BCUT2D eigenvalue weighted by Gasteiger charge is 2.32. The Labute approximate surface area is 127 Å². The van der Waals surface area contributed by atoms with Crippen molar-refractivity contribution in [1.29, 1.82) is 0 Å². The molecular weight excluding hydrogens is 294 g/mol. The van der Waals surface area contributed by atoms with Crippen LogP contribution in [0.2, 0.25) is 0 Å². The van der Waals surface area contributed by atoms with Crippen LogP contribution >= 0.6 is 11.5 Å². The molecule has 0 saturated carbocycles. The van der Waals surface area contributed by atoms with Crippen LogP contribution in [0.25, 0.3) is 0 Å². The number of amides is 1. The molecule has 2 heterocycles. The van der Waals surface area contributed by atoms with Crippen molar-refractivity contribution >= 4 is 23.4 Å². The summed E-state index contributed by atoms with van der Waals surface area (Å²) in [6.45, 7) is 7.02. The zero-order chi connectivity index (χ0) is 15.6. The van der Waals surface area contributed by atoms with Gasteiger partial charge in [-0.3, -0.25) is 9.59 Å². The second-order valence-electron chi connectivity index (χ2n) is 6.04. The fraction of sp³-hybridized carbons (Fsp3) is 0.692. The van der Waals surface area contributed by atoms with E-state index in [9.17, 15) is 9.59 Å². The van der Waals surface area contributed by atoms with Gasteiger partial charge in [-0.1, -0.05) is 25.3 Å². The summed E-state index contributed by atoms with van der Waals surface area (Å²) in [7, 11) is 0. The van der Waals surface area contributed by atoms with Crippen molar-refractivity contribution in [2.75, 3.05) is 19.7 Å². The number of carbonyl (C=O) groups excluding carboxylic acids is 1. The number of carboxylic acid groups (broad SMARTS) is 1. The third kappa shape index (κ3) is 3.76. The van der Waals surface area contributed by atoms with Gasteiger partial charge in [0.2, 0.25) is 0 Å². The van der Waals surface area contributed by atoms with Crippen LogP contribution in [0.3, 0.4) is 0 Å². The molecule has 1 aromatic heterocycles. The van der Waals surface area contributed by atoms with Crippen LogP contribution in [0.5, 0.6) is 0 Å². The summed E-state index contributed by atoms with van der Waals surface area (Å²) < 4.78 is 9.27. The van der Waals surface area contributed by atoms with Gasteiger partial charge in [0.15, 0.2) is 0 Å². The van der Waals surface area contributed by atoms with E-state index in [-0.39, 0.29) is 24.3 Å². The minimum absolute atomic E-state index is 0.100. The lowest BCUT2D eigenvalue weighted by atomic mass is 9.91. The lowest BCUT2D eigenvalue weighted by Gasteiger charge is -2.32. The topological polar surface area (TPSA) is 92.6 Å². The number of aromatic nitrogens is 2. The predicted octanol–water partition coefficient (Wildman–Crippen LogP) is 1.15. The molecule has 1 amide bonds. The predicted molar refractivity (Wildman–Crippen MR) is 76.5 cm³/mol. The fourth-order valence-corrected chi connectivity index (χ4v) is 3.03. The molecule has 1 saturated heterocycles. The van der Waals surface area contributed by atoms with Crippen LogP contribution in [-0.4, -0.2) is 57.3 Å². The van der Waals surface area contributed by atoms with E-state index in [4.69, 9.17) is 9.84 Å². The number of morpholine rings is 1. The van der Waals surface area contributed by atoms with Crippen LogP contribution in [-0.2, 0) is 14.9 Å². The zero-order valence-electron chi connectivity index (χ0n) is 12.3. The lowest BCUT2D eigenvalue weighted by Crippen LogP contribution is -2.46. The summed E-state index contributed by atoms with van der Waals surface area (Å²) in [6, 6.07) is 0. The number of carboxylic acids is 1. The number of nitrogens with zero attached hydrogens (tertiary/aromatic N) is 3. The van der Waals surface area contributed by atoms with Gasteiger partial charge >= 0.3 is 5.97 Å². The third-order valence-electron chi connectivity index (χ3n) is 3.22. The molecule has 21 heavy (non-hydrogen) atoms. The standard InChI is InChI=1S/C13H19N3O4S/c1-13(2,3)11-10(21-15-14-11)12(19)16-4-5-20-8(7-16)6-9(17)18/h8H,4-7H2,1-3H3,(H,17,18). The molecule has 8 heteroatoms. The van der Waals surface area contributed by atoms with Crippen molar-refractivity contribution in [1.82, 2.24) is 14.5 Å². The molecule has 0 aliphatic carbocycles. The van der Waals surface area contributed by atoms with Gasteiger partial charge in [0.05, 0.1) is 24.8 Å². The van der Waals surface area contributed by atoms with E-state index < -0.39 is 12.1 Å². The van der Waals surface area contributed by atoms with Crippen molar-refractivity contribution in [2.24, 2.45) is 0 Å². The Bertz CT molecular complexity index is 538. The van der Waals surface area contributed by atoms with E-state index >= 15 is 0 Å². The molecule has 116 valence electrons. The Morgan fingerprint density at radius 3 is 2.81 bits per heavy atom. The molecular formula is C13H19N3O4S. The van der Waals surface area contributed by atoms with E-state index in [1.165, 1.54) is 0 Å². The van der Waals surface area contributed by atoms with E-state index in [1.807, 2.05) is 20.8 Å². The van der Waals surface area contributed by atoms with Crippen LogP contribution in [0.4, 0.5) is 0 Å². The number of hydrogen-bond acceptors (Lipinski definition) is 6. The van der Waals surface area contributed by atoms with Gasteiger partial charge in [-0.05, 0) is 11.5 Å². The summed E-state index contributed by atoms with van der Waals surface area (Å²) in [5, 5.41) is 12.9. The Hall–Kier alpha value is -1.54. The largest absolute Gasteiger partial charge is 0.481 e. The average Bonchev–Trinajstić information content (AvgIpc) is 2.86. The second kappa shape index (κ2) is 6.07. The molecule has 1 aromatic rings. The molecule has 7 nitrogen and oxygen atoms in total. The maximum Gasteiger partial charge on any atom is 0.306 e. The van der Waals surface area contributed by atoms with Crippen molar-refractivity contribution in [3.8, 4) is 0 Å². The maximum atomic E-state index is 12.6. The summed E-state index contributed by atoms with van der Waals surface area (Å²) >= 11 is 1.08. The highest BCUT2D eigenvalue weighted by atomic mass is 32.1. The van der Waals surface area contributed by atoms with Gasteiger partial charge in [-0.25, -0.2) is 0 Å². The Morgan fingerprint density at radius 1 is 1.48 bits per heavy atom. The average molecular weight is 313 g/mol. The van der Waals surface area contributed by atoms with Crippen LogP contribution in [0.15, 0.2) is 0 Å². The maximum absolute atomic E-state index is 12.6. The minimum Gasteiger partial charge on any atom is -0.481 e. The Morgan fingerprint density at radius 2 is 2.19 bits per heavy atom. The molecule has 2 rings (SSSR count). The first kappa shape index (κ1) is 15.8. The highest BCUT2D eigenvalue weighted by molar-refractivity contribution is 7.08. The first-order chi connectivity index (χ1) is 9.79. The molecule has 1 unspecified atom stereocenters. The molecule has 1 aliphatic heterocycles. The number of carbonyl (C=O) groups is 2. The summed E-state index contributed by atoms with van der Waals surface area (Å²) in [5.74, 6) is -1.07. The third-order valence-corrected chi connectivity index (χ3v) is 3.93. The van der Waals surface area contributed by atoms with Gasteiger partial charge in [0.1, 0.15) is 4.88 Å². The normalized spacial score (nSPS) is 19.6. The summed E-state index contributed by atoms with van der Waals surface area (Å²) in [4.78, 5) is 25.5. The van der Waals surface area contributed by atoms with Gasteiger partial charge in [-0.15, -0.1) is 5.10 Å². The second-order valence-corrected chi connectivity index (χ2v) is 6.80. The first-order valence-corrected chi connectivity index (χ1v) is 7.52. The molecule has 1 aliphatic rings. The number of hydrogen-bond donors (Lipinski definition) is 1. The molecule has 1 fully saturated rings. The van der Waals surface area contributed by atoms with Crippen molar-refractivity contribution in [2.45, 2.75) is 38.7 Å². The Balaban J connectivity index is 2.13. The molecule has 0 radical (unpaired) electrons. The SMILES string of the molecule is CC(C)(C)c1nnsc1C(=O)N1CCOC(CC(=O)O)C1. The monoisotopic (exact) mass is 313 g/mol. The molecule has 0 spiro atoms. The summed E-state index contributed by atoms with van der Waals surface area (Å²) in [5.41, 5.74) is 0.420. The van der Waals surface area contributed by atoms with Crippen LogP contribution < -0.4 is 0 Å². The number of aliphatic carboxylic acids is 1. The van der Waals surface area contributed by atoms with E-state index in [0.717, 1.165) is 11.5 Å². The minimum atomic E-state index is -0.927. The van der Waals surface area contributed by atoms with Gasteiger partial charge in [-0.2, -0.15) is 0 Å². The number of rotatable bonds is 3. The zero-order valence-corrected chi connectivity index (χ0v) is 13.1. The molecule has 1 N–H and O–H groups in total. The smallest absolute Gasteiger partial charge is 0.306 e. The van der Waals surface area contributed by atoms with Gasteiger partial charge in [0, 0.05) is 18.5 Å². The lowest BCUT2D eigenvalue weighted by molar-refractivity contribution is -0.141. The van der Waals surface area contributed by atoms with Crippen LogP contribution in [0, 0.1) is 0 Å². The molecule has 0 bridgehead atoms. The quantitative estimate of drug-likeness (QED) is 0.900. The highest BCUT2D eigenvalue weighted by Crippen LogP contribution is 2.27. The van der Waals surface area contributed by atoms with Crippen molar-refractivity contribution < 1.29 is 19.4 Å².